The van der Waals surface area contributed by atoms with Crippen LogP contribution in [-0.2, 0) is 16.0 Å². The average molecular weight is 310 g/mol. The summed E-state index contributed by atoms with van der Waals surface area (Å²) in [7, 11) is 0. The van der Waals surface area contributed by atoms with Crippen molar-refractivity contribution in [3.05, 3.63) is 28.8 Å². The minimum absolute atomic E-state index is 0.0902. The zero-order valence-corrected chi connectivity index (χ0v) is 13.6. The lowest BCUT2D eigenvalue weighted by molar-refractivity contribution is -0.151. The van der Waals surface area contributed by atoms with Gasteiger partial charge in [0.05, 0.1) is 10.7 Å². The van der Waals surface area contributed by atoms with Gasteiger partial charge in [-0.25, -0.2) is 4.79 Å². The Balaban J connectivity index is 1.97. The monoisotopic (exact) mass is 309 g/mol. The molecule has 4 heteroatoms. The molecular weight excluding hydrogens is 286 g/mol. The Labute approximate surface area is 132 Å². The largest absolute Gasteiger partial charge is 0.461 e. The van der Waals surface area contributed by atoms with Crippen LogP contribution < -0.4 is 5.32 Å². The third kappa shape index (κ3) is 4.37. The molecule has 0 amide bonds. The number of nitrogens with one attached hydrogen (secondary N) is 1. The van der Waals surface area contributed by atoms with Crippen molar-refractivity contribution in [3.63, 3.8) is 0 Å². The van der Waals surface area contributed by atoms with Crippen LogP contribution in [0, 0.1) is 0 Å². The van der Waals surface area contributed by atoms with E-state index in [2.05, 4.69) is 12.2 Å². The summed E-state index contributed by atoms with van der Waals surface area (Å²) in [4.78, 5) is 12.2. The van der Waals surface area contributed by atoms with Gasteiger partial charge in [0.15, 0.2) is 0 Å². The van der Waals surface area contributed by atoms with Crippen LogP contribution in [0.25, 0.3) is 0 Å². The number of hydrogen-bond acceptors (Lipinski definition) is 3. The summed E-state index contributed by atoms with van der Waals surface area (Å²) in [6.07, 6.45) is 6.51. The first-order valence-electron chi connectivity index (χ1n) is 7.86. The molecule has 0 radical (unpaired) electrons. The van der Waals surface area contributed by atoms with E-state index in [-0.39, 0.29) is 12.1 Å². The van der Waals surface area contributed by atoms with Crippen molar-refractivity contribution in [1.82, 2.24) is 0 Å². The Morgan fingerprint density at radius 1 is 1.38 bits per heavy atom. The molecular formula is C17H24ClNO2. The predicted octanol–water partition coefficient (Wildman–Crippen LogP) is 4.58. The Bertz CT molecular complexity index is 484. The molecule has 1 atom stereocenters. The van der Waals surface area contributed by atoms with E-state index in [0.717, 1.165) is 43.4 Å². The first-order valence-corrected chi connectivity index (χ1v) is 8.24. The highest BCUT2D eigenvalue weighted by molar-refractivity contribution is 6.33. The maximum absolute atomic E-state index is 12.2. The van der Waals surface area contributed by atoms with Gasteiger partial charge in [0, 0.05) is 0 Å². The van der Waals surface area contributed by atoms with Crippen molar-refractivity contribution in [2.75, 3.05) is 5.32 Å². The first kappa shape index (κ1) is 16.2. The van der Waals surface area contributed by atoms with Crippen molar-refractivity contribution in [1.29, 1.82) is 0 Å². The molecule has 0 aromatic heterocycles. The number of anilines is 1. The van der Waals surface area contributed by atoms with Gasteiger partial charge in [-0.05, 0) is 50.7 Å². The molecule has 0 bridgehead atoms. The molecule has 2 rings (SSSR count). The van der Waals surface area contributed by atoms with Crippen LogP contribution in [0.2, 0.25) is 5.02 Å². The van der Waals surface area contributed by atoms with E-state index in [4.69, 9.17) is 16.3 Å². The van der Waals surface area contributed by atoms with Crippen molar-refractivity contribution < 1.29 is 9.53 Å². The van der Waals surface area contributed by atoms with Gasteiger partial charge in [-0.15, -0.1) is 0 Å². The van der Waals surface area contributed by atoms with Crippen molar-refractivity contribution >= 4 is 23.3 Å². The summed E-state index contributed by atoms with van der Waals surface area (Å²) >= 11 is 6.23. The minimum Gasteiger partial charge on any atom is -0.461 e. The zero-order chi connectivity index (χ0) is 15.2. The second-order valence-electron chi connectivity index (χ2n) is 5.69. The predicted molar refractivity (Wildman–Crippen MR) is 86.9 cm³/mol. The standard InChI is InChI=1S/C17H24ClNO2/c1-3-13-8-7-11-15(18)16(13)19-12(2)17(20)21-14-9-5-4-6-10-14/h7-8,11-12,14,19H,3-6,9-10H2,1-2H3/t12-/m0/s1. The third-order valence-corrected chi connectivity index (χ3v) is 4.35. The number of carbonyl (C=O) groups excluding carboxylic acids is 1. The number of esters is 1. The SMILES string of the molecule is CCc1cccc(Cl)c1N[C@@H](C)C(=O)OC1CCCCC1. The summed E-state index contributed by atoms with van der Waals surface area (Å²) in [5.41, 5.74) is 1.95. The highest BCUT2D eigenvalue weighted by Crippen LogP contribution is 2.27. The third-order valence-electron chi connectivity index (χ3n) is 4.03. The van der Waals surface area contributed by atoms with Gasteiger partial charge in [-0.2, -0.15) is 0 Å². The van der Waals surface area contributed by atoms with Crippen molar-refractivity contribution in [3.8, 4) is 0 Å². The van der Waals surface area contributed by atoms with Crippen LogP contribution in [-0.4, -0.2) is 18.1 Å². The Kier molecular flexibility index (Phi) is 5.92. The Morgan fingerprint density at radius 2 is 2.10 bits per heavy atom. The number of rotatable bonds is 5. The van der Waals surface area contributed by atoms with Crippen molar-refractivity contribution in [2.45, 2.75) is 64.5 Å². The molecule has 3 nitrogen and oxygen atoms in total. The molecule has 1 N–H and O–H groups in total. The topological polar surface area (TPSA) is 38.3 Å². The summed E-state index contributed by atoms with van der Waals surface area (Å²) < 4.78 is 5.59. The number of aryl methyl sites for hydroxylation is 1. The number of ether oxygens (including phenoxy) is 1. The molecule has 0 aliphatic heterocycles. The molecule has 1 aromatic carbocycles. The van der Waals surface area contributed by atoms with E-state index >= 15 is 0 Å². The van der Waals surface area contributed by atoms with Gasteiger partial charge in [-0.3, -0.25) is 0 Å². The van der Waals surface area contributed by atoms with Gasteiger partial charge in [-0.1, -0.05) is 37.1 Å². The zero-order valence-electron chi connectivity index (χ0n) is 12.8. The molecule has 1 saturated carbocycles. The molecule has 1 aliphatic carbocycles. The highest BCUT2D eigenvalue weighted by Gasteiger charge is 2.22. The Morgan fingerprint density at radius 3 is 2.76 bits per heavy atom. The van der Waals surface area contributed by atoms with E-state index < -0.39 is 6.04 Å². The van der Waals surface area contributed by atoms with Crippen LogP contribution in [0.5, 0.6) is 0 Å². The lowest BCUT2D eigenvalue weighted by Crippen LogP contribution is -2.32. The summed E-state index contributed by atoms with van der Waals surface area (Å²) in [6, 6.07) is 5.39. The van der Waals surface area contributed by atoms with E-state index in [9.17, 15) is 4.79 Å². The fraction of sp³-hybridized carbons (Fsp3) is 0.588. The number of benzene rings is 1. The highest BCUT2D eigenvalue weighted by atomic mass is 35.5. The molecule has 21 heavy (non-hydrogen) atoms. The molecule has 0 saturated heterocycles. The first-order chi connectivity index (χ1) is 10.1. The van der Waals surface area contributed by atoms with Crippen molar-refractivity contribution in [2.24, 2.45) is 0 Å². The quantitative estimate of drug-likeness (QED) is 0.809. The van der Waals surface area contributed by atoms with Crippen LogP contribution in [0.1, 0.15) is 51.5 Å². The van der Waals surface area contributed by atoms with E-state index in [0.29, 0.717) is 5.02 Å². The van der Waals surface area contributed by atoms with E-state index in [1.165, 1.54) is 6.42 Å². The van der Waals surface area contributed by atoms with Crippen LogP contribution >= 0.6 is 11.6 Å². The summed E-state index contributed by atoms with van der Waals surface area (Å²) in [5.74, 6) is -0.191. The van der Waals surface area contributed by atoms with Crippen LogP contribution in [0.4, 0.5) is 5.69 Å². The van der Waals surface area contributed by atoms with E-state index in [1.807, 2.05) is 25.1 Å². The number of halogens is 1. The molecule has 1 aliphatic rings. The van der Waals surface area contributed by atoms with Gasteiger partial charge < -0.3 is 10.1 Å². The molecule has 116 valence electrons. The van der Waals surface area contributed by atoms with E-state index in [1.54, 1.807) is 0 Å². The lowest BCUT2D eigenvalue weighted by atomic mass is 9.98. The van der Waals surface area contributed by atoms with Crippen LogP contribution in [0.3, 0.4) is 0 Å². The number of hydrogen-bond donors (Lipinski definition) is 1. The van der Waals surface area contributed by atoms with Gasteiger partial charge in [0.25, 0.3) is 0 Å². The fourth-order valence-electron chi connectivity index (χ4n) is 2.75. The lowest BCUT2D eigenvalue weighted by Gasteiger charge is -2.24. The second-order valence-corrected chi connectivity index (χ2v) is 6.10. The van der Waals surface area contributed by atoms with Gasteiger partial charge in [0.1, 0.15) is 12.1 Å². The van der Waals surface area contributed by atoms with Gasteiger partial charge >= 0.3 is 5.97 Å². The minimum atomic E-state index is -0.392. The number of para-hydroxylation sites is 1. The molecule has 0 unspecified atom stereocenters. The normalized spacial score (nSPS) is 17.3. The maximum Gasteiger partial charge on any atom is 0.328 e. The van der Waals surface area contributed by atoms with Crippen LogP contribution in [0.15, 0.2) is 18.2 Å². The smallest absolute Gasteiger partial charge is 0.328 e. The molecule has 1 aromatic rings. The molecule has 1 fully saturated rings. The number of carbonyl (C=O) groups is 1. The second kappa shape index (κ2) is 7.69. The van der Waals surface area contributed by atoms with Gasteiger partial charge in [0.2, 0.25) is 0 Å². The molecule has 0 heterocycles. The maximum atomic E-state index is 12.2. The summed E-state index contributed by atoms with van der Waals surface area (Å²) in [5, 5.41) is 3.86. The Hall–Kier alpha value is -1.22. The summed E-state index contributed by atoms with van der Waals surface area (Å²) in [6.45, 7) is 3.90. The average Bonchev–Trinajstić information content (AvgIpc) is 2.50. The fourth-order valence-corrected chi connectivity index (χ4v) is 3.00. The molecule has 0 spiro atoms.